The van der Waals surface area contributed by atoms with Crippen molar-refractivity contribution in [3.05, 3.63) is 18.0 Å². The molecule has 2 aliphatic rings. The highest BCUT2D eigenvalue weighted by atomic mass is 127. The third kappa shape index (κ3) is 7.87. The molecule has 1 aromatic heterocycles. The van der Waals surface area contributed by atoms with E-state index in [4.69, 9.17) is 4.74 Å². The Kier molecular flexibility index (Phi) is 11.0. The van der Waals surface area contributed by atoms with Gasteiger partial charge in [-0.2, -0.15) is 5.10 Å². The highest BCUT2D eigenvalue weighted by Crippen LogP contribution is 2.36. The number of rotatable bonds is 8. The molecule has 178 valence electrons. The van der Waals surface area contributed by atoms with E-state index in [-0.39, 0.29) is 30.0 Å². The summed E-state index contributed by atoms with van der Waals surface area (Å²) >= 11 is 0. The molecular weight excluding hydrogens is 505 g/mol. The summed E-state index contributed by atoms with van der Waals surface area (Å²) in [5.41, 5.74) is 1.54. The monoisotopic (exact) mass is 547 g/mol. The molecular formula is C22H42IN7O. The van der Waals surface area contributed by atoms with Gasteiger partial charge < -0.3 is 20.3 Å². The maximum absolute atomic E-state index is 5.55. The van der Waals surface area contributed by atoms with Crippen molar-refractivity contribution in [2.75, 3.05) is 67.1 Å². The Morgan fingerprint density at radius 2 is 1.94 bits per heavy atom. The minimum absolute atomic E-state index is 0. The Labute approximate surface area is 205 Å². The maximum atomic E-state index is 5.55. The minimum atomic E-state index is 0. The van der Waals surface area contributed by atoms with Gasteiger partial charge in [0.25, 0.3) is 0 Å². The largest absolute Gasteiger partial charge is 0.379 e. The fourth-order valence-electron chi connectivity index (χ4n) is 4.82. The summed E-state index contributed by atoms with van der Waals surface area (Å²) in [6, 6.07) is 0.245. The van der Waals surface area contributed by atoms with Crippen LogP contribution in [-0.4, -0.2) is 92.6 Å². The maximum Gasteiger partial charge on any atom is 0.191 e. The van der Waals surface area contributed by atoms with Crippen LogP contribution in [-0.2, 0) is 11.8 Å². The number of likely N-dealkylation sites (N-methyl/N-ethyl adjacent to an activating group) is 1. The molecule has 1 aromatic rings. The standard InChI is InChI=1S/C22H41N7O.HI/c1-23-21(24-15-20(27(2)3)19-14-26-28(4)16-19)25-17-22(8-6-5-7-9-22)18-29-10-12-30-13-11-29;/h14,16,20H,5-13,15,17-18H2,1-4H3,(H2,23,24,25);1H. The third-order valence-corrected chi connectivity index (χ3v) is 6.63. The van der Waals surface area contributed by atoms with Gasteiger partial charge in [0.15, 0.2) is 5.96 Å². The van der Waals surface area contributed by atoms with Gasteiger partial charge in [0.1, 0.15) is 0 Å². The fourth-order valence-corrected chi connectivity index (χ4v) is 4.82. The second-order valence-corrected chi connectivity index (χ2v) is 9.18. The molecule has 8 nitrogen and oxygen atoms in total. The van der Waals surface area contributed by atoms with E-state index >= 15 is 0 Å². The molecule has 1 atom stereocenters. The van der Waals surface area contributed by atoms with Crippen molar-refractivity contribution in [2.45, 2.75) is 38.1 Å². The topological polar surface area (TPSA) is 70.0 Å². The van der Waals surface area contributed by atoms with Crippen LogP contribution >= 0.6 is 24.0 Å². The summed E-state index contributed by atoms with van der Waals surface area (Å²) < 4.78 is 7.41. The van der Waals surface area contributed by atoms with Crippen molar-refractivity contribution in [1.82, 2.24) is 30.2 Å². The van der Waals surface area contributed by atoms with E-state index in [9.17, 15) is 0 Å². The van der Waals surface area contributed by atoms with Crippen LogP contribution in [0.5, 0.6) is 0 Å². The first kappa shape index (κ1) is 26.3. The van der Waals surface area contributed by atoms with Crippen molar-refractivity contribution < 1.29 is 4.74 Å². The lowest BCUT2D eigenvalue weighted by molar-refractivity contribution is 0.00820. The number of nitrogens with zero attached hydrogens (tertiary/aromatic N) is 5. The molecule has 0 amide bonds. The number of aryl methyl sites for hydroxylation is 1. The van der Waals surface area contributed by atoms with E-state index in [0.29, 0.717) is 5.41 Å². The smallest absolute Gasteiger partial charge is 0.191 e. The zero-order valence-electron chi connectivity index (χ0n) is 19.8. The van der Waals surface area contributed by atoms with Crippen LogP contribution < -0.4 is 10.6 Å². The number of aromatic nitrogens is 2. The van der Waals surface area contributed by atoms with E-state index < -0.39 is 0 Å². The quantitative estimate of drug-likeness (QED) is 0.295. The van der Waals surface area contributed by atoms with E-state index in [1.165, 1.54) is 37.7 Å². The molecule has 9 heteroatoms. The summed E-state index contributed by atoms with van der Waals surface area (Å²) in [4.78, 5) is 9.32. The van der Waals surface area contributed by atoms with E-state index in [1.54, 1.807) is 0 Å². The van der Waals surface area contributed by atoms with Crippen molar-refractivity contribution in [3.63, 3.8) is 0 Å². The van der Waals surface area contributed by atoms with E-state index in [0.717, 1.165) is 51.9 Å². The molecule has 2 N–H and O–H groups in total. The van der Waals surface area contributed by atoms with Crippen molar-refractivity contribution in [3.8, 4) is 0 Å². The van der Waals surface area contributed by atoms with Gasteiger partial charge in [-0.25, -0.2) is 0 Å². The zero-order chi connectivity index (χ0) is 21.4. The van der Waals surface area contributed by atoms with Crippen LogP contribution in [0.2, 0.25) is 0 Å². The van der Waals surface area contributed by atoms with Crippen LogP contribution in [0.15, 0.2) is 17.4 Å². The lowest BCUT2D eigenvalue weighted by Gasteiger charge is -2.42. The number of aliphatic imine (C=N–C) groups is 1. The first-order valence-corrected chi connectivity index (χ1v) is 11.4. The Morgan fingerprint density at radius 1 is 1.23 bits per heavy atom. The molecule has 1 saturated heterocycles. The number of morpholine rings is 1. The van der Waals surface area contributed by atoms with Crippen LogP contribution in [0, 0.1) is 5.41 Å². The predicted molar refractivity (Wildman–Crippen MR) is 137 cm³/mol. The highest BCUT2D eigenvalue weighted by molar-refractivity contribution is 14.0. The average Bonchev–Trinajstić information content (AvgIpc) is 3.17. The molecule has 2 fully saturated rings. The molecule has 1 saturated carbocycles. The van der Waals surface area contributed by atoms with Gasteiger partial charge in [0.2, 0.25) is 0 Å². The summed E-state index contributed by atoms with van der Waals surface area (Å²) in [6.07, 6.45) is 10.7. The third-order valence-electron chi connectivity index (χ3n) is 6.63. The van der Waals surface area contributed by atoms with E-state index in [2.05, 4.69) is 50.8 Å². The molecule has 1 unspecified atom stereocenters. The fraction of sp³-hybridized carbons (Fsp3) is 0.818. The Balaban J connectivity index is 0.00000341. The molecule has 0 bridgehead atoms. The molecule has 1 aliphatic heterocycles. The first-order valence-electron chi connectivity index (χ1n) is 11.4. The number of hydrogen-bond acceptors (Lipinski definition) is 5. The van der Waals surface area contributed by atoms with Gasteiger partial charge >= 0.3 is 0 Å². The zero-order valence-corrected chi connectivity index (χ0v) is 22.1. The summed E-state index contributed by atoms with van der Waals surface area (Å²) in [7, 11) is 8.03. The highest BCUT2D eigenvalue weighted by Gasteiger charge is 2.34. The minimum Gasteiger partial charge on any atom is -0.379 e. The summed E-state index contributed by atoms with van der Waals surface area (Å²) in [6.45, 7) is 6.78. The number of guanidine groups is 1. The van der Waals surface area contributed by atoms with Gasteiger partial charge in [-0.15, -0.1) is 24.0 Å². The molecule has 3 rings (SSSR count). The molecule has 0 spiro atoms. The Bertz CT molecular complexity index is 667. The van der Waals surface area contributed by atoms with Gasteiger partial charge in [0.05, 0.1) is 25.5 Å². The molecule has 1 aliphatic carbocycles. The molecule has 31 heavy (non-hydrogen) atoms. The second-order valence-electron chi connectivity index (χ2n) is 9.18. The van der Waals surface area contributed by atoms with Crippen molar-refractivity contribution >= 4 is 29.9 Å². The van der Waals surface area contributed by atoms with E-state index in [1.807, 2.05) is 25.0 Å². The summed E-state index contributed by atoms with van der Waals surface area (Å²) in [5, 5.41) is 11.5. The normalized spacial score (nSPS) is 20.9. The van der Waals surface area contributed by atoms with Crippen LogP contribution in [0.3, 0.4) is 0 Å². The first-order chi connectivity index (χ1) is 14.5. The number of ether oxygens (including phenoxy) is 1. The van der Waals surface area contributed by atoms with Gasteiger partial charge in [-0.3, -0.25) is 14.6 Å². The Hall–Kier alpha value is -0.910. The second kappa shape index (κ2) is 13.0. The molecule has 0 aromatic carbocycles. The average molecular weight is 548 g/mol. The number of nitrogens with one attached hydrogen (secondary N) is 2. The lowest BCUT2D eigenvalue weighted by atomic mass is 9.73. The molecule has 0 radical (unpaired) electrons. The lowest BCUT2D eigenvalue weighted by Crippen LogP contribution is -2.51. The predicted octanol–water partition coefficient (Wildman–Crippen LogP) is 2.09. The summed E-state index contributed by atoms with van der Waals surface area (Å²) in [5.74, 6) is 0.887. The van der Waals surface area contributed by atoms with Crippen molar-refractivity contribution in [1.29, 1.82) is 0 Å². The van der Waals surface area contributed by atoms with Crippen LogP contribution in [0.4, 0.5) is 0 Å². The van der Waals surface area contributed by atoms with Crippen LogP contribution in [0.1, 0.15) is 43.7 Å². The van der Waals surface area contributed by atoms with Gasteiger partial charge in [-0.1, -0.05) is 19.3 Å². The Morgan fingerprint density at radius 3 is 2.52 bits per heavy atom. The number of hydrogen-bond donors (Lipinski definition) is 2. The van der Waals surface area contributed by atoms with Gasteiger partial charge in [-0.05, 0) is 26.9 Å². The number of halogens is 1. The van der Waals surface area contributed by atoms with Gasteiger partial charge in [0, 0.05) is 64.0 Å². The van der Waals surface area contributed by atoms with Crippen molar-refractivity contribution in [2.24, 2.45) is 17.5 Å². The van der Waals surface area contributed by atoms with Crippen LogP contribution in [0.25, 0.3) is 0 Å². The SMILES string of the molecule is CN=C(NCC(c1cnn(C)c1)N(C)C)NCC1(CN2CCOCC2)CCCCC1.I. The molecule has 2 heterocycles.